The molecule has 0 spiro atoms. The van der Waals surface area contributed by atoms with E-state index < -0.39 is 17.9 Å². The molecule has 1 fully saturated rings. The van der Waals surface area contributed by atoms with Crippen LogP contribution in [0.3, 0.4) is 0 Å². The summed E-state index contributed by atoms with van der Waals surface area (Å²) in [4.78, 5) is 16.7. The van der Waals surface area contributed by atoms with Crippen molar-refractivity contribution in [2.45, 2.75) is 44.8 Å². The fourth-order valence-corrected chi connectivity index (χ4v) is 2.47. The lowest BCUT2D eigenvalue weighted by Gasteiger charge is -2.34. The van der Waals surface area contributed by atoms with E-state index in [2.05, 4.69) is 0 Å². The molecule has 0 saturated carbocycles. The summed E-state index contributed by atoms with van der Waals surface area (Å²) in [7, 11) is 0. The summed E-state index contributed by atoms with van der Waals surface area (Å²) in [5.41, 5.74) is 0.349. The number of phenols is 1. The third-order valence-electron chi connectivity index (χ3n) is 3.46. The largest absolute Gasteiger partial charge is 0.528 e. The Morgan fingerprint density at radius 2 is 1.91 bits per heavy atom. The number of phenolic OH excluding ortho intramolecular Hbond substituents is 1. The summed E-state index contributed by atoms with van der Waals surface area (Å²) in [5, 5.41) is 21.0. The molecule has 1 aliphatic rings. The van der Waals surface area contributed by atoms with E-state index >= 15 is 0 Å². The summed E-state index contributed by atoms with van der Waals surface area (Å²) < 4.78 is 5.09. The molecule has 1 heterocycles. The van der Waals surface area contributed by atoms with Gasteiger partial charge in [-0.05, 0) is 44.9 Å². The number of aromatic hydroxyl groups is 1. The van der Waals surface area contributed by atoms with Crippen LogP contribution in [0.5, 0.6) is 5.75 Å². The van der Waals surface area contributed by atoms with Crippen molar-refractivity contribution in [1.82, 2.24) is 5.06 Å². The van der Waals surface area contributed by atoms with E-state index in [1.807, 2.05) is 0 Å². The van der Waals surface area contributed by atoms with Gasteiger partial charge in [0.15, 0.2) is 0 Å². The molecule has 0 radical (unpaired) electrons. The molecular weight excluding hydrogens is 286 g/mol. The van der Waals surface area contributed by atoms with Gasteiger partial charge < -0.3 is 19.8 Å². The summed E-state index contributed by atoms with van der Waals surface area (Å²) >= 11 is 0. The molecular formula is C16H23NO5. The van der Waals surface area contributed by atoms with Crippen molar-refractivity contribution in [2.24, 2.45) is 0 Å². The summed E-state index contributed by atoms with van der Waals surface area (Å²) in [6.45, 7) is 6.03. The number of ether oxygens (including phenoxy) is 1. The molecule has 0 aromatic heterocycles. The molecule has 2 atom stereocenters. The first-order valence-corrected chi connectivity index (χ1v) is 7.37. The molecule has 0 bridgehead atoms. The number of carbonyl (C=O) groups excluding carboxylic acids is 1. The van der Waals surface area contributed by atoms with E-state index in [0.717, 1.165) is 5.56 Å². The van der Waals surface area contributed by atoms with Crippen LogP contribution in [0.25, 0.3) is 0 Å². The number of aliphatic hydroxyl groups excluding tert-OH is 1. The molecule has 6 nitrogen and oxygen atoms in total. The Labute approximate surface area is 130 Å². The highest BCUT2D eigenvalue weighted by Gasteiger charge is 2.31. The number of carbonyl (C=O) groups is 1. The van der Waals surface area contributed by atoms with Gasteiger partial charge in [0.2, 0.25) is 0 Å². The number of hydrogen-bond acceptors (Lipinski definition) is 6. The van der Waals surface area contributed by atoms with Gasteiger partial charge >= 0.3 is 6.16 Å². The second kappa shape index (κ2) is 6.54. The van der Waals surface area contributed by atoms with Gasteiger partial charge in [-0.3, -0.25) is 0 Å². The van der Waals surface area contributed by atoms with Gasteiger partial charge in [-0.15, -0.1) is 5.06 Å². The minimum atomic E-state index is -0.761. The van der Waals surface area contributed by atoms with Crippen LogP contribution in [0, 0.1) is 0 Å². The average molecular weight is 309 g/mol. The number of β-amino-alcohol motifs (C(OH)–C–C–N with tert-alkyl or cyclic N) is 1. The molecule has 1 aromatic rings. The van der Waals surface area contributed by atoms with E-state index in [4.69, 9.17) is 9.57 Å². The summed E-state index contributed by atoms with van der Waals surface area (Å²) in [5.74, 6) is 0.156. The number of hydrogen-bond donors (Lipinski definition) is 2. The van der Waals surface area contributed by atoms with E-state index in [0.29, 0.717) is 13.0 Å². The van der Waals surface area contributed by atoms with E-state index in [-0.39, 0.29) is 18.2 Å². The maximum Gasteiger partial charge on any atom is 0.528 e. The zero-order valence-corrected chi connectivity index (χ0v) is 13.2. The Morgan fingerprint density at radius 1 is 1.27 bits per heavy atom. The molecule has 0 amide bonds. The Balaban J connectivity index is 1.90. The van der Waals surface area contributed by atoms with Gasteiger partial charge in [-0.2, -0.15) is 0 Å². The topological polar surface area (TPSA) is 79.2 Å². The van der Waals surface area contributed by atoms with Crippen molar-refractivity contribution >= 4 is 6.16 Å². The highest BCUT2D eigenvalue weighted by Crippen LogP contribution is 2.29. The molecule has 1 saturated heterocycles. The van der Waals surface area contributed by atoms with Gasteiger partial charge in [-0.1, -0.05) is 12.1 Å². The van der Waals surface area contributed by atoms with Crippen LogP contribution in [0.15, 0.2) is 24.3 Å². The van der Waals surface area contributed by atoms with Gasteiger partial charge in [0.05, 0.1) is 12.6 Å². The van der Waals surface area contributed by atoms with Gasteiger partial charge in [0, 0.05) is 12.5 Å². The van der Waals surface area contributed by atoms with Gasteiger partial charge in [0.1, 0.15) is 11.4 Å². The van der Waals surface area contributed by atoms with Crippen LogP contribution in [-0.2, 0) is 9.57 Å². The number of rotatable bonds is 2. The van der Waals surface area contributed by atoms with Crippen molar-refractivity contribution in [3.05, 3.63) is 29.8 Å². The number of piperidine rings is 1. The lowest BCUT2D eigenvalue weighted by atomic mass is 9.88. The number of aliphatic hydroxyl groups is 1. The highest BCUT2D eigenvalue weighted by atomic mass is 16.8. The second-order valence-electron chi connectivity index (χ2n) is 6.50. The van der Waals surface area contributed by atoms with E-state index in [9.17, 15) is 15.0 Å². The van der Waals surface area contributed by atoms with Crippen molar-refractivity contribution in [3.8, 4) is 5.75 Å². The smallest absolute Gasteiger partial charge is 0.508 e. The zero-order valence-electron chi connectivity index (χ0n) is 13.2. The SMILES string of the molecule is CC(C)(C)OC(=O)ON1CC[C@H](c2ccc(O)cc2)[C@@H](O)C1. The van der Waals surface area contributed by atoms with Crippen molar-refractivity contribution in [2.75, 3.05) is 13.1 Å². The third-order valence-corrected chi connectivity index (χ3v) is 3.46. The molecule has 2 N–H and O–H groups in total. The molecule has 2 rings (SSSR count). The maximum absolute atomic E-state index is 11.6. The standard InChI is InChI=1S/C16H23NO5/c1-16(2,3)21-15(20)22-17-9-8-13(14(19)10-17)11-4-6-12(18)7-5-11/h4-7,13-14,18-19H,8-10H2,1-3H3/t13-,14+/m1/s1. The molecule has 1 aromatic carbocycles. The Bertz CT molecular complexity index is 508. The average Bonchev–Trinajstić information content (AvgIpc) is 2.38. The van der Waals surface area contributed by atoms with Crippen molar-refractivity contribution < 1.29 is 24.6 Å². The Morgan fingerprint density at radius 3 is 2.45 bits per heavy atom. The maximum atomic E-state index is 11.6. The van der Waals surface area contributed by atoms with Crippen molar-refractivity contribution in [1.29, 1.82) is 0 Å². The fraction of sp³-hybridized carbons (Fsp3) is 0.562. The molecule has 0 aliphatic carbocycles. The first-order chi connectivity index (χ1) is 10.2. The second-order valence-corrected chi connectivity index (χ2v) is 6.50. The first kappa shape index (κ1) is 16.6. The predicted octanol–water partition coefficient (Wildman–Crippen LogP) is 2.41. The lowest BCUT2D eigenvalue weighted by Crippen LogP contribution is -2.44. The predicted molar refractivity (Wildman–Crippen MR) is 80.4 cm³/mol. The van der Waals surface area contributed by atoms with Crippen LogP contribution in [0.1, 0.15) is 38.7 Å². The quantitative estimate of drug-likeness (QED) is 0.817. The highest BCUT2D eigenvalue weighted by molar-refractivity contribution is 5.60. The van der Waals surface area contributed by atoms with Crippen LogP contribution < -0.4 is 0 Å². The summed E-state index contributed by atoms with van der Waals surface area (Å²) in [6, 6.07) is 6.80. The molecule has 1 aliphatic heterocycles. The zero-order chi connectivity index (χ0) is 16.3. The fourth-order valence-electron chi connectivity index (χ4n) is 2.47. The van der Waals surface area contributed by atoms with Crippen molar-refractivity contribution in [3.63, 3.8) is 0 Å². The summed E-state index contributed by atoms with van der Waals surface area (Å²) in [6.07, 6.45) is -0.766. The van der Waals surface area contributed by atoms with Crippen LogP contribution >= 0.6 is 0 Å². The number of nitrogens with zero attached hydrogens (tertiary/aromatic N) is 1. The van der Waals surface area contributed by atoms with Gasteiger partial charge in [-0.25, -0.2) is 4.79 Å². The van der Waals surface area contributed by atoms with Crippen LogP contribution in [-0.4, -0.2) is 46.2 Å². The monoisotopic (exact) mass is 309 g/mol. The Hall–Kier alpha value is -1.79. The minimum Gasteiger partial charge on any atom is -0.508 e. The molecule has 0 unspecified atom stereocenters. The normalized spacial score (nSPS) is 23.1. The molecule has 22 heavy (non-hydrogen) atoms. The molecule has 6 heteroatoms. The Kier molecular flexibility index (Phi) is 4.93. The number of hydroxylamine groups is 2. The minimum absolute atomic E-state index is 0.0425. The first-order valence-electron chi connectivity index (χ1n) is 7.37. The molecule has 122 valence electrons. The van der Waals surface area contributed by atoms with Crippen LogP contribution in [0.2, 0.25) is 0 Å². The number of benzene rings is 1. The third kappa shape index (κ3) is 4.61. The van der Waals surface area contributed by atoms with E-state index in [1.54, 1.807) is 45.0 Å². The van der Waals surface area contributed by atoms with E-state index in [1.165, 1.54) is 5.06 Å². The lowest BCUT2D eigenvalue weighted by molar-refractivity contribution is -0.170. The van der Waals surface area contributed by atoms with Gasteiger partial charge in [0.25, 0.3) is 0 Å². The van der Waals surface area contributed by atoms with Crippen LogP contribution in [0.4, 0.5) is 4.79 Å².